The Bertz CT molecular complexity index is 2470. The Balaban J connectivity index is 1.25. The quantitative estimate of drug-likeness (QED) is 0.154. The number of nitrogens with zero attached hydrogens (tertiary/aromatic N) is 1. The predicted molar refractivity (Wildman–Crippen MR) is 252 cm³/mol. The molecule has 0 amide bonds. The molecule has 0 aliphatic carbocycles. The summed E-state index contributed by atoms with van der Waals surface area (Å²) in [4.78, 5) is 2.62. The van der Waals surface area contributed by atoms with Crippen LogP contribution in [0.4, 0.5) is 17.1 Å². The monoisotopic (exact) mass is 733 g/mol. The van der Waals surface area contributed by atoms with E-state index in [1.165, 1.54) is 83.2 Å². The van der Waals surface area contributed by atoms with Crippen molar-refractivity contribution in [2.75, 3.05) is 4.90 Å². The number of rotatable bonds is 6. The van der Waals surface area contributed by atoms with E-state index >= 15 is 0 Å². The molecule has 57 heavy (non-hydrogen) atoms. The standard InChI is InChI=1S/C54H49B2N/c1-9-36-14-18-38(19-15-36)40-22-28-44(29-23-40)55-46-32-26-42(53(3,4)5)34-50(46)57-51-35-43(54(6,7)8)27-33-47(51)56(49-13-11-12-48(55)52(49)57)45-30-24-41(25-31-45)39-20-16-37(10-2)17-21-39/h9-35H,1-2H2,3-8H3. The molecule has 2 aliphatic rings. The van der Waals surface area contributed by atoms with Crippen LogP contribution in [0.15, 0.2) is 165 Å². The summed E-state index contributed by atoms with van der Waals surface area (Å²) in [6.07, 6.45) is 3.79. The van der Waals surface area contributed by atoms with Crippen molar-refractivity contribution >= 4 is 75.4 Å². The third-order valence-electron chi connectivity index (χ3n) is 12.3. The first-order chi connectivity index (χ1) is 27.4. The first-order valence-electron chi connectivity index (χ1n) is 20.3. The van der Waals surface area contributed by atoms with E-state index in [1.807, 2.05) is 12.2 Å². The van der Waals surface area contributed by atoms with Crippen LogP contribution in [0.5, 0.6) is 0 Å². The van der Waals surface area contributed by atoms with Gasteiger partial charge >= 0.3 is 0 Å². The third-order valence-corrected chi connectivity index (χ3v) is 12.3. The average molecular weight is 734 g/mol. The Labute approximate surface area is 340 Å². The number of para-hydroxylation sites is 1. The summed E-state index contributed by atoms with van der Waals surface area (Å²) in [5.74, 6) is 0. The van der Waals surface area contributed by atoms with Gasteiger partial charge in [-0.3, -0.25) is 0 Å². The second-order valence-corrected chi connectivity index (χ2v) is 17.9. The lowest BCUT2D eigenvalue weighted by molar-refractivity contribution is 0.590. The highest BCUT2D eigenvalue weighted by atomic mass is 15.2. The number of hydrogen-bond acceptors (Lipinski definition) is 1. The fraction of sp³-hybridized carbons (Fsp3) is 0.148. The van der Waals surface area contributed by atoms with Gasteiger partial charge in [-0.15, -0.1) is 0 Å². The summed E-state index contributed by atoms with van der Waals surface area (Å²) >= 11 is 0. The van der Waals surface area contributed by atoms with Crippen LogP contribution in [0.3, 0.4) is 0 Å². The van der Waals surface area contributed by atoms with Gasteiger partial charge in [0, 0.05) is 17.1 Å². The zero-order valence-corrected chi connectivity index (χ0v) is 34.1. The first kappa shape index (κ1) is 36.6. The smallest absolute Gasteiger partial charge is 0.246 e. The first-order valence-corrected chi connectivity index (χ1v) is 20.3. The second kappa shape index (κ2) is 13.9. The number of fused-ring (bicyclic) bond motifs is 4. The van der Waals surface area contributed by atoms with Crippen LogP contribution in [0.1, 0.15) is 63.8 Å². The summed E-state index contributed by atoms with van der Waals surface area (Å²) in [6.45, 7) is 22.0. The zero-order chi connectivity index (χ0) is 39.6. The minimum absolute atomic E-state index is 0.00468. The van der Waals surface area contributed by atoms with E-state index in [9.17, 15) is 0 Å². The molecule has 9 rings (SSSR count). The number of anilines is 3. The van der Waals surface area contributed by atoms with Crippen LogP contribution in [-0.2, 0) is 10.8 Å². The Hall–Kier alpha value is -6.05. The molecule has 0 radical (unpaired) electrons. The molecule has 0 saturated carbocycles. The van der Waals surface area contributed by atoms with Gasteiger partial charge in [-0.2, -0.15) is 0 Å². The van der Waals surface area contributed by atoms with Crippen molar-refractivity contribution in [2.24, 2.45) is 0 Å². The van der Waals surface area contributed by atoms with Gasteiger partial charge in [0.25, 0.3) is 0 Å². The Morgan fingerprint density at radius 2 is 0.772 bits per heavy atom. The Morgan fingerprint density at radius 3 is 1.11 bits per heavy atom. The molecule has 7 aromatic rings. The van der Waals surface area contributed by atoms with Gasteiger partial charge in [0.05, 0.1) is 0 Å². The number of hydrogen-bond donors (Lipinski definition) is 0. The van der Waals surface area contributed by atoms with E-state index < -0.39 is 0 Å². The van der Waals surface area contributed by atoms with Crippen LogP contribution in [0, 0.1) is 0 Å². The van der Waals surface area contributed by atoms with E-state index in [1.54, 1.807) is 0 Å². The topological polar surface area (TPSA) is 3.24 Å². The fourth-order valence-corrected chi connectivity index (χ4v) is 8.98. The predicted octanol–water partition coefficient (Wildman–Crippen LogP) is 10.0. The number of benzene rings is 7. The fourth-order valence-electron chi connectivity index (χ4n) is 8.98. The maximum absolute atomic E-state index is 3.94. The lowest BCUT2D eigenvalue weighted by atomic mass is 9.30. The molecule has 0 saturated heterocycles. The lowest BCUT2D eigenvalue weighted by Gasteiger charge is -2.44. The maximum Gasteiger partial charge on any atom is 0.246 e. The summed E-state index contributed by atoms with van der Waals surface area (Å²) in [7, 11) is 0. The zero-order valence-electron chi connectivity index (χ0n) is 34.1. The van der Waals surface area contributed by atoms with Crippen LogP contribution in [0.25, 0.3) is 34.4 Å². The SMILES string of the molecule is C=Cc1ccc(-c2ccc(B3c4ccc(C(C)(C)C)cc4N4c5cc(C(C)(C)C)ccc5B(c5ccc(-c6ccc(C=C)cc6)cc5)c5cccc3c54)cc2)cc1. The molecule has 0 bridgehead atoms. The highest BCUT2D eigenvalue weighted by molar-refractivity contribution is 7.02. The summed E-state index contributed by atoms with van der Waals surface area (Å²) < 4.78 is 0. The van der Waals surface area contributed by atoms with Crippen molar-refractivity contribution in [3.63, 3.8) is 0 Å². The molecule has 7 aromatic carbocycles. The third kappa shape index (κ3) is 6.40. The van der Waals surface area contributed by atoms with Crippen molar-refractivity contribution in [3.05, 3.63) is 187 Å². The van der Waals surface area contributed by atoms with Crippen molar-refractivity contribution in [1.82, 2.24) is 0 Å². The van der Waals surface area contributed by atoms with E-state index in [2.05, 4.69) is 211 Å². The van der Waals surface area contributed by atoms with Gasteiger partial charge in [0.2, 0.25) is 13.4 Å². The molecule has 2 heterocycles. The van der Waals surface area contributed by atoms with Gasteiger partial charge < -0.3 is 4.90 Å². The Morgan fingerprint density at radius 1 is 0.421 bits per heavy atom. The van der Waals surface area contributed by atoms with Crippen LogP contribution in [0.2, 0.25) is 0 Å². The van der Waals surface area contributed by atoms with Crippen molar-refractivity contribution in [2.45, 2.75) is 52.4 Å². The largest absolute Gasteiger partial charge is 0.313 e. The molecule has 2 aliphatic heterocycles. The highest BCUT2D eigenvalue weighted by Crippen LogP contribution is 2.41. The van der Waals surface area contributed by atoms with Gasteiger partial charge in [-0.1, -0.05) is 217 Å². The molecule has 0 N–H and O–H groups in total. The molecule has 0 aromatic heterocycles. The van der Waals surface area contributed by atoms with Crippen molar-refractivity contribution in [3.8, 4) is 22.3 Å². The summed E-state index contributed by atoms with van der Waals surface area (Å²) in [5.41, 5.74) is 21.6. The summed E-state index contributed by atoms with van der Waals surface area (Å²) in [5, 5.41) is 0. The molecule has 0 spiro atoms. The van der Waals surface area contributed by atoms with E-state index in [0.29, 0.717) is 0 Å². The molecule has 0 fully saturated rings. The average Bonchev–Trinajstić information content (AvgIpc) is 3.23. The molecule has 1 nitrogen and oxygen atoms in total. The van der Waals surface area contributed by atoms with Gasteiger partial charge in [0.1, 0.15) is 0 Å². The minimum atomic E-state index is -0.00468. The molecule has 3 heteroatoms. The Kier molecular flexibility index (Phi) is 8.89. The normalized spacial score (nSPS) is 13.1. The van der Waals surface area contributed by atoms with Gasteiger partial charge in [0.15, 0.2) is 0 Å². The van der Waals surface area contributed by atoms with Gasteiger partial charge in [-0.05, 0) is 89.3 Å². The van der Waals surface area contributed by atoms with Crippen LogP contribution >= 0.6 is 0 Å². The van der Waals surface area contributed by atoms with Crippen molar-refractivity contribution < 1.29 is 0 Å². The molecule has 0 unspecified atom stereocenters. The highest BCUT2D eigenvalue weighted by Gasteiger charge is 2.44. The lowest BCUT2D eigenvalue weighted by Crippen LogP contribution is -2.65. The van der Waals surface area contributed by atoms with Gasteiger partial charge in [-0.25, -0.2) is 0 Å². The molecule has 276 valence electrons. The van der Waals surface area contributed by atoms with E-state index in [0.717, 1.165) is 11.1 Å². The molecular weight excluding hydrogens is 684 g/mol. The van der Waals surface area contributed by atoms with Crippen LogP contribution in [-0.4, -0.2) is 13.4 Å². The molecule has 0 atom stereocenters. The van der Waals surface area contributed by atoms with Crippen molar-refractivity contribution in [1.29, 1.82) is 0 Å². The second-order valence-electron chi connectivity index (χ2n) is 17.9. The summed E-state index contributed by atoms with van der Waals surface area (Å²) in [6, 6.07) is 57.5. The van der Waals surface area contributed by atoms with Crippen LogP contribution < -0.4 is 37.7 Å². The minimum Gasteiger partial charge on any atom is -0.313 e. The molecular formula is C54H49B2N. The van der Waals surface area contributed by atoms with E-state index in [4.69, 9.17) is 0 Å². The van der Waals surface area contributed by atoms with E-state index in [-0.39, 0.29) is 24.3 Å². The maximum atomic E-state index is 3.94.